The second-order valence-electron chi connectivity index (χ2n) is 11.4. The average molecular weight is 618 g/mol. The van der Waals surface area contributed by atoms with Crippen molar-refractivity contribution in [3.8, 4) is 17.2 Å². The molecule has 45 heavy (non-hydrogen) atoms. The number of rotatable bonds is 7. The number of aliphatic hydroxyl groups is 2. The number of nitrogens with zero attached hydrogens (tertiary/aromatic N) is 2. The summed E-state index contributed by atoms with van der Waals surface area (Å²) in [4.78, 5) is 28.9. The summed E-state index contributed by atoms with van der Waals surface area (Å²) in [5.74, 6) is -5.67. The van der Waals surface area contributed by atoms with Crippen LogP contribution in [0.2, 0.25) is 0 Å². The first-order valence-corrected chi connectivity index (χ1v) is 14.3. The highest BCUT2D eigenvalue weighted by Crippen LogP contribution is 2.60. The van der Waals surface area contributed by atoms with Crippen LogP contribution in [0.15, 0.2) is 83.9 Å². The van der Waals surface area contributed by atoms with Gasteiger partial charge in [-0.15, -0.1) is 0 Å². The van der Waals surface area contributed by atoms with E-state index in [4.69, 9.17) is 23.7 Å². The summed E-state index contributed by atoms with van der Waals surface area (Å²) < 4.78 is 29.2. The fourth-order valence-corrected chi connectivity index (χ4v) is 6.92. The molecule has 5 unspecified atom stereocenters. The quantitative estimate of drug-likeness (QED) is 0.361. The third-order valence-electron chi connectivity index (χ3n) is 8.54. The van der Waals surface area contributed by atoms with E-state index < -0.39 is 41.1 Å². The summed E-state index contributed by atoms with van der Waals surface area (Å²) in [5, 5.41) is 29.6. The Labute approximate surface area is 260 Å². The van der Waals surface area contributed by atoms with Crippen molar-refractivity contribution in [2.45, 2.75) is 44.2 Å². The van der Waals surface area contributed by atoms with Gasteiger partial charge in [-0.25, -0.2) is 10.0 Å². The Morgan fingerprint density at radius 1 is 0.822 bits per heavy atom. The first-order valence-electron chi connectivity index (χ1n) is 14.3. The number of benzene rings is 3. The van der Waals surface area contributed by atoms with Gasteiger partial charge in [0.2, 0.25) is 11.7 Å². The zero-order chi connectivity index (χ0) is 32.3. The van der Waals surface area contributed by atoms with Crippen molar-refractivity contribution in [1.29, 1.82) is 0 Å². The number of hydrogen-bond acceptors (Lipinski definition) is 10. The lowest BCUT2D eigenvalue weighted by molar-refractivity contribution is -0.397. The number of amides is 2. The average Bonchev–Trinajstić information content (AvgIpc) is 3.21. The first kappa shape index (κ1) is 30.4. The van der Waals surface area contributed by atoms with E-state index in [0.29, 0.717) is 34.3 Å². The van der Waals surface area contributed by atoms with Crippen LogP contribution in [0.3, 0.4) is 0 Å². The summed E-state index contributed by atoms with van der Waals surface area (Å²) in [6, 6.07) is 20.5. The predicted octanol–water partition coefficient (Wildman–Crippen LogP) is 3.59. The predicted molar refractivity (Wildman–Crippen MR) is 164 cm³/mol. The molecule has 1 saturated heterocycles. The summed E-state index contributed by atoms with van der Waals surface area (Å²) in [7, 11) is 4.42. The van der Waals surface area contributed by atoms with Gasteiger partial charge in [0.05, 0.1) is 32.6 Å². The largest absolute Gasteiger partial charge is 0.495 e. The second kappa shape index (κ2) is 10.8. The maximum Gasteiger partial charge on any atom is 0.278 e. The summed E-state index contributed by atoms with van der Waals surface area (Å²) in [5.41, 5.74) is -0.721. The molecule has 0 saturated carbocycles. The van der Waals surface area contributed by atoms with Crippen molar-refractivity contribution in [2.24, 2.45) is 5.92 Å². The van der Waals surface area contributed by atoms with Crippen LogP contribution in [0.4, 0.5) is 17.1 Å². The number of carbonyl (C=O) groups excluding carboxylic acids is 2. The molecule has 6 rings (SSSR count). The Balaban J connectivity index is 1.56. The highest BCUT2D eigenvalue weighted by molar-refractivity contribution is 6.12. The van der Waals surface area contributed by atoms with E-state index in [0.717, 1.165) is 0 Å². The minimum absolute atomic E-state index is 0.0533. The molecule has 2 bridgehead atoms. The van der Waals surface area contributed by atoms with Crippen molar-refractivity contribution in [1.82, 2.24) is 0 Å². The number of ether oxygens (including phenoxy) is 5. The molecule has 3 aromatic carbocycles. The van der Waals surface area contributed by atoms with Gasteiger partial charge in [-0.05, 0) is 57.2 Å². The van der Waals surface area contributed by atoms with E-state index in [1.54, 1.807) is 79.7 Å². The van der Waals surface area contributed by atoms with E-state index in [2.05, 4.69) is 5.32 Å². The first-order chi connectivity index (χ1) is 21.4. The lowest BCUT2D eigenvalue weighted by Crippen LogP contribution is -2.65. The van der Waals surface area contributed by atoms with Gasteiger partial charge in [0.25, 0.3) is 5.91 Å². The Bertz CT molecular complexity index is 1710. The molecule has 12 nitrogen and oxygen atoms in total. The molecule has 2 amide bonds. The highest BCUT2D eigenvalue weighted by Gasteiger charge is 2.72. The molecule has 0 aliphatic carbocycles. The van der Waals surface area contributed by atoms with Crippen molar-refractivity contribution in [2.75, 3.05) is 36.7 Å². The van der Waals surface area contributed by atoms with E-state index in [1.165, 1.54) is 45.2 Å². The summed E-state index contributed by atoms with van der Waals surface area (Å²) >= 11 is 0. The van der Waals surface area contributed by atoms with E-state index in [1.807, 2.05) is 0 Å². The van der Waals surface area contributed by atoms with Gasteiger partial charge < -0.3 is 39.2 Å². The molecule has 0 spiro atoms. The van der Waals surface area contributed by atoms with Crippen LogP contribution in [0, 0.1) is 5.92 Å². The van der Waals surface area contributed by atoms with Crippen LogP contribution in [-0.2, 0) is 19.1 Å². The van der Waals surface area contributed by atoms with Gasteiger partial charge in [0.1, 0.15) is 40.1 Å². The number of hydrazine groups is 1. The third kappa shape index (κ3) is 4.52. The van der Waals surface area contributed by atoms with E-state index in [9.17, 15) is 19.8 Å². The van der Waals surface area contributed by atoms with E-state index >= 15 is 0 Å². The highest BCUT2D eigenvalue weighted by atomic mass is 16.8. The molecule has 5 atom stereocenters. The Morgan fingerprint density at radius 2 is 1.36 bits per heavy atom. The lowest BCUT2D eigenvalue weighted by atomic mass is 9.75. The lowest BCUT2D eigenvalue weighted by Gasteiger charge is -2.50. The van der Waals surface area contributed by atoms with Crippen LogP contribution in [-0.4, -0.2) is 66.8 Å². The molecular weight excluding hydrogens is 582 g/mol. The van der Waals surface area contributed by atoms with Crippen molar-refractivity contribution < 1.29 is 43.5 Å². The van der Waals surface area contributed by atoms with Crippen LogP contribution in [0.25, 0.3) is 0 Å². The minimum Gasteiger partial charge on any atom is -0.495 e. The molecule has 12 heteroatoms. The monoisotopic (exact) mass is 617 g/mol. The molecule has 236 valence electrons. The van der Waals surface area contributed by atoms with Crippen LogP contribution < -0.4 is 29.5 Å². The van der Waals surface area contributed by atoms with Crippen LogP contribution in [0.5, 0.6) is 17.2 Å². The van der Waals surface area contributed by atoms with Crippen LogP contribution >= 0.6 is 0 Å². The molecule has 3 aromatic rings. The summed E-state index contributed by atoms with van der Waals surface area (Å²) in [6.07, 6.45) is -1.61. The number of carbonyl (C=O) groups is 2. The molecular formula is C33H35N3O9. The van der Waals surface area contributed by atoms with Crippen molar-refractivity contribution in [3.05, 3.63) is 83.9 Å². The third-order valence-corrected chi connectivity index (χ3v) is 8.54. The van der Waals surface area contributed by atoms with Crippen molar-refractivity contribution in [3.63, 3.8) is 0 Å². The molecule has 3 aliphatic heterocycles. The fourth-order valence-electron chi connectivity index (χ4n) is 6.92. The van der Waals surface area contributed by atoms with Gasteiger partial charge in [0.15, 0.2) is 12.0 Å². The summed E-state index contributed by atoms with van der Waals surface area (Å²) in [6.45, 7) is 4.39. The Morgan fingerprint density at radius 3 is 1.98 bits per heavy atom. The molecule has 0 radical (unpaired) electrons. The van der Waals surface area contributed by atoms with Gasteiger partial charge in [-0.2, -0.15) is 0 Å². The van der Waals surface area contributed by atoms with Crippen molar-refractivity contribution >= 4 is 28.9 Å². The van der Waals surface area contributed by atoms with Gasteiger partial charge in [-0.1, -0.05) is 36.4 Å². The molecule has 3 N–H and O–H groups in total. The van der Waals surface area contributed by atoms with Gasteiger partial charge in [0, 0.05) is 5.57 Å². The number of nitrogens with one attached hydrogen (secondary N) is 1. The molecule has 1 fully saturated rings. The van der Waals surface area contributed by atoms with Gasteiger partial charge in [-0.3, -0.25) is 9.59 Å². The zero-order valence-corrected chi connectivity index (χ0v) is 25.7. The molecule has 3 aliphatic rings. The smallest absolute Gasteiger partial charge is 0.278 e. The molecule has 3 heterocycles. The minimum atomic E-state index is -2.16. The van der Waals surface area contributed by atoms with E-state index in [-0.39, 0.29) is 11.1 Å². The maximum absolute atomic E-state index is 14.8. The van der Waals surface area contributed by atoms with Crippen LogP contribution in [0.1, 0.15) is 20.8 Å². The Hall–Kier alpha value is -4.62. The van der Waals surface area contributed by atoms with Gasteiger partial charge >= 0.3 is 0 Å². The number of fused-ring (bicyclic) bond motifs is 4. The second-order valence-corrected chi connectivity index (χ2v) is 11.4. The normalized spacial score (nSPS) is 28.9. The number of methoxy groups -OCH3 is 3. The fraction of sp³-hybridized carbons (Fsp3) is 0.333. The SMILES string of the molecule is COc1ccccc1NC(=O)C1C(C)(O)OC2(C)OC1(C)C1=C2C(=O)N(c2ccccc2OC)N(c2ccccc2OC)C1O. The maximum atomic E-state index is 14.8. The zero-order valence-electron chi connectivity index (χ0n) is 25.7. The number of anilines is 3. The standard InChI is InChI=1S/C33H35N3O9/c1-31-25-26(33(3,44-31)45-32(2,40)27(31)28(37)34-19-13-7-10-16-22(19)41-4)30(39)36(21-15-9-12-18-24(21)43-6)35(29(25)38)20-14-8-11-17-23(20)42-5/h7-18,27,29,38,40H,1-6H3,(H,34,37). The molecule has 0 aromatic heterocycles. The Kier molecular flexibility index (Phi) is 7.28. The number of para-hydroxylation sites is 6. The number of hydrogen-bond donors (Lipinski definition) is 3. The topological polar surface area (TPSA) is 139 Å². The number of aliphatic hydroxyl groups excluding tert-OH is 1.